The summed E-state index contributed by atoms with van der Waals surface area (Å²) in [5.41, 5.74) is 2.18. The maximum Gasteiger partial charge on any atom is 0.275 e. The van der Waals surface area contributed by atoms with E-state index in [4.69, 9.17) is 4.74 Å². The summed E-state index contributed by atoms with van der Waals surface area (Å²) >= 11 is 0. The van der Waals surface area contributed by atoms with Crippen LogP contribution in [0.5, 0.6) is 5.75 Å². The minimum absolute atomic E-state index is 0.188. The van der Waals surface area contributed by atoms with Gasteiger partial charge in [-0.05, 0) is 23.8 Å². The fourth-order valence-electron chi connectivity index (χ4n) is 3.63. The molecule has 0 saturated heterocycles. The summed E-state index contributed by atoms with van der Waals surface area (Å²) in [6.07, 6.45) is 3.10. The van der Waals surface area contributed by atoms with E-state index >= 15 is 0 Å². The molecule has 2 aromatic heterocycles. The molecule has 0 unspecified atom stereocenters. The lowest BCUT2D eigenvalue weighted by Gasteiger charge is -2.06. The number of fused-ring (bicyclic) bond motifs is 3. The van der Waals surface area contributed by atoms with Crippen LogP contribution in [0.4, 0.5) is 0 Å². The molecule has 2 aromatic carbocycles. The number of ether oxygens (including phenoxy) is 1. The molecule has 0 radical (unpaired) electrons. The van der Waals surface area contributed by atoms with Gasteiger partial charge >= 0.3 is 0 Å². The molecule has 0 N–H and O–H groups in total. The molecule has 0 saturated carbocycles. The first kappa shape index (κ1) is 17.8. The third kappa shape index (κ3) is 2.72. The van der Waals surface area contributed by atoms with E-state index in [2.05, 4.69) is 6.58 Å². The van der Waals surface area contributed by atoms with Crippen molar-refractivity contribution in [3.05, 3.63) is 93.0 Å². The monoisotopic (exact) mass is 372 g/mol. The second kappa shape index (κ2) is 6.85. The zero-order valence-corrected chi connectivity index (χ0v) is 15.8. The van der Waals surface area contributed by atoms with E-state index in [-0.39, 0.29) is 11.0 Å². The number of methoxy groups -OCH3 is 1. The van der Waals surface area contributed by atoms with Crippen molar-refractivity contribution >= 4 is 27.9 Å². The highest BCUT2D eigenvalue weighted by molar-refractivity contribution is 6.07. The van der Waals surface area contributed by atoms with Crippen molar-refractivity contribution in [2.75, 3.05) is 7.11 Å². The molecular weight excluding hydrogens is 352 g/mol. The van der Waals surface area contributed by atoms with Gasteiger partial charge in [-0.3, -0.25) is 9.59 Å². The van der Waals surface area contributed by atoms with Crippen molar-refractivity contribution in [3.63, 3.8) is 0 Å². The Morgan fingerprint density at radius 3 is 2.46 bits per heavy atom. The molecule has 0 fully saturated rings. The molecule has 4 aromatic rings. The Hall–Kier alpha value is -3.60. The van der Waals surface area contributed by atoms with E-state index in [1.54, 1.807) is 22.4 Å². The maximum atomic E-state index is 13.4. The molecule has 0 bridgehead atoms. The number of aromatic nitrogens is 2. The number of hydrogen-bond donors (Lipinski definition) is 0. The molecule has 4 rings (SSSR count). The van der Waals surface area contributed by atoms with Gasteiger partial charge in [0.1, 0.15) is 11.3 Å². The van der Waals surface area contributed by atoms with Crippen LogP contribution in [0.15, 0.2) is 70.9 Å². The number of rotatable bonds is 4. The van der Waals surface area contributed by atoms with Crippen molar-refractivity contribution in [1.29, 1.82) is 0 Å². The Labute approximate surface area is 161 Å². The Kier molecular flexibility index (Phi) is 4.35. The molecule has 0 aliphatic heterocycles. The summed E-state index contributed by atoms with van der Waals surface area (Å²) in [5.74, 6) is 0.749. The molecule has 0 aliphatic rings. The van der Waals surface area contributed by atoms with Crippen molar-refractivity contribution in [2.24, 2.45) is 7.05 Å². The second-order valence-electron chi connectivity index (χ2n) is 6.70. The number of nitrogens with zero attached hydrogens (tertiary/aromatic N) is 2. The van der Waals surface area contributed by atoms with Crippen molar-refractivity contribution < 1.29 is 4.74 Å². The Bertz CT molecular complexity index is 1330. The molecule has 0 spiro atoms. The molecule has 28 heavy (non-hydrogen) atoms. The van der Waals surface area contributed by atoms with Gasteiger partial charge in [-0.15, -0.1) is 0 Å². The summed E-state index contributed by atoms with van der Waals surface area (Å²) in [4.78, 5) is 26.6. The average molecular weight is 372 g/mol. The smallest absolute Gasteiger partial charge is 0.275 e. The molecule has 140 valence electrons. The highest BCUT2D eigenvalue weighted by Gasteiger charge is 2.16. The lowest BCUT2D eigenvalue weighted by Crippen LogP contribution is -2.19. The van der Waals surface area contributed by atoms with Gasteiger partial charge in [-0.2, -0.15) is 0 Å². The van der Waals surface area contributed by atoms with Crippen LogP contribution >= 0.6 is 0 Å². The van der Waals surface area contributed by atoms with Crippen molar-refractivity contribution in [1.82, 2.24) is 9.13 Å². The quantitative estimate of drug-likeness (QED) is 0.550. The van der Waals surface area contributed by atoms with E-state index < -0.39 is 0 Å². The third-order valence-corrected chi connectivity index (χ3v) is 5.09. The van der Waals surface area contributed by atoms with Crippen molar-refractivity contribution in [2.45, 2.75) is 6.54 Å². The number of para-hydroxylation sites is 1. The zero-order chi connectivity index (χ0) is 19.8. The van der Waals surface area contributed by atoms with Crippen LogP contribution in [0.25, 0.3) is 27.9 Å². The minimum Gasteiger partial charge on any atom is -0.497 e. The highest BCUT2D eigenvalue weighted by atomic mass is 16.5. The molecule has 5 nitrogen and oxygen atoms in total. The lowest BCUT2D eigenvalue weighted by atomic mass is 10.1. The van der Waals surface area contributed by atoms with Gasteiger partial charge in [0, 0.05) is 29.7 Å². The first-order valence-corrected chi connectivity index (χ1v) is 8.95. The van der Waals surface area contributed by atoms with Gasteiger partial charge in [0.2, 0.25) is 0 Å². The van der Waals surface area contributed by atoms with E-state index in [9.17, 15) is 9.59 Å². The van der Waals surface area contributed by atoms with Crippen molar-refractivity contribution in [3.8, 4) is 5.75 Å². The van der Waals surface area contributed by atoms with Gasteiger partial charge < -0.3 is 13.9 Å². The third-order valence-electron chi connectivity index (χ3n) is 5.09. The van der Waals surface area contributed by atoms with Gasteiger partial charge in [0.05, 0.1) is 19.0 Å². The van der Waals surface area contributed by atoms with Crippen LogP contribution in [0.1, 0.15) is 11.1 Å². The number of benzene rings is 2. The SMILES string of the molecule is C=Cc1cn(Cc2ccc(OC)cc2)c(=O)c2c(c1=O)c1ccccc1n2C. The summed E-state index contributed by atoms with van der Waals surface area (Å²) in [6, 6.07) is 15.1. The van der Waals surface area contributed by atoms with E-state index in [1.807, 2.05) is 55.6 Å². The first-order chi connectivity index (χ1) is 13.5. The fourth-order valence-corrected chi connectivity index (χ4v) is 3.63. The van der Waals surface area contributed by atoms with Crippen LogP contribution in [-0.4, -0.2) is 16.2 Å². The van der Waals surface area contributed by atoms with Crippen LogP contribution < -0.4 is 15.7 Å². The van der Waals surface area contributed by atoms with Gasteiger partial charge in [-0.25, -0.2) is 0 Å². The van der Waals surface area contributed by atoms with Crippen LogP contribution in [0.2, 0.25) is 0 Å². The Morgan fingerprint density at radius 1 is 1.07 bits per heavy atom. The Morgan fingerprint density at radius 2 is 1.79 bits per heavy atom. The van der Waals surface area contributed by atoms with Crippen LogP contribution in [-0.2, 0) is 13.6 Å². The van der Waals surface area contributed by atoms with E-state index in [0.29, 0.717) is 23.0 Å². The second-order valence-corrected chi connectivity index (χ2v) is 6.70. The van der Waals surface area contributed by atoms with Crippen LogP contribution in [0, 0.1) is 0 Å². The Balaban J connectivity index is 2.06. The average Bonchev–Trinajstić information content (AvgIpc) is 2.97. The predicted octanol–water partition coefficient (Wildman–Crippen LogP) is 3.55. The van der Waals surface area contributed by atoms with Gasteiger partial charge in [-0.1, -0.05) is 43.0 Å². The van der Waals surface area contributed by atoms with E-state index in [0.717, 1.165) is 22.2 Å². The molecule has 0 aliphatic carbocycles. The summed E-state index contributed by atoms with van der Waals surface area (Å²) in [5, 5.41) is 1.21. The zero-order valence-electron chi connectivity index (χ0n) is 15.8. The van der Waals surface area contributed by atoms with Gasteiger partial charge in [0.25, 0.3) is 5.56 Å². The summed E-state index contributed by atoms with van der Waals surface area (Å²) < 4.78 is 8.56. The van der Waals surface area contributed by atoms with Gasteiger partial charge in [0.15, 0.2) is 5.43 Å². The topological polar surface area (TPSA) is 53.2 Å². The molecule has 2 heterocycles. The predicted molar refractivity (Wildman–Crippen MR) is 113 cm³/mol. The summed E-state index contributed by atoms with van der Waals surface area (Å²) in [7, 11) is 3.43. The number of hydrogen-bond acceptors (Lipinski definition) is 3. The molecular formula is C23H20N2O3. The molecule has 0 amide bonds. The highest BCUT2D eigenvalue weighted by Crippen LogP contribution is 2.23. The lowest BCUT2D eigenvalue weighted by molar-refractivity contribution is 0.414. The van der Waals surface area contributed by atoms with Crippen LogP contribution in [0.3, 0.4) is 0 Å². The fraction of sp³-hybridized carbons (Fsp3) is 0.130. The van der Waals surface area contributed by atoms with E-state index in [1.165, 1.54) is 6.08 Å². The number of aryl methyl sites for hydroxylation is 1. The maximum absolute atomic E-state index is 13.4. The largest absolute Gasteiger partial charge is 0.497 e. The minimum atomic E-state index is -0.213. The summed E-state index contributed by atoms with van der Waals surface area (Å²) in [6.45, 7) is 4.12. The normalized spacial score (nSPS) is 11.1. The molecule has 5 heteroatoms. The first-order valence-electron chi connectivity index (χ1n) is 8.95. The standard InChI is InChI=1S/C23H20N2O3/c1-4-16-14-25(13-15-9-11-17(28-3)12-10-15)23(27)21-20(22(16)26)18-7-5-6-8-19(18)24(21)2/h4-12,14H,1,13H2,2-3H3. The molecule has 0 atom stereocenters.